The zero-order chi connectivity index (χ0) is 56.0. The fourth-order valence-corrected chi connectivity index (χ4v) is 11.4. The quantitative estimate of drug-likeness (QED) is 0.0334. The summed E-state index contributed by atoms with van der Waals surface area (Å²) in [6.45, 7) is 11.6. The summed E-state index contributed by atoms with van der Waals surface area (Å²) in [7, 11) is 0. The van der Waals surface area contributed by atoms with Crippen molar-refractivity contribution in [2.45, 2.75) is 309 Å². The Kier molecular flexibility index (Phi) is 56.0. The molecule has 0 radical (unpaired) electrons. The van der Waals surface area contributed by atoms with Crippen LogP contribution >= 0.6 is 23.5 Å². The highest BCUT2D eigenvalue weighted by Crippen LogP contribution is 2.18. The zero-order valence-corrected chi connectivity index (χ0v) is 51.2. The van der Waals surface area contributed by atoms with Gasteiger partial charge in [-0.1, -0.05) is 257 Å². The number of nitrogens with zero attached hydrogens (tertiary/aromatic N) is 2. The Balaban J connectivity index is 4.67. The highest BCUT2D eigenvalue weighted by Gasteiger charge is 2.19. The molecule has 4 N–H and O–H groups in total. The molecule has 0 amide bonds. The summed E-state index contributed by atoms with van der Waals surface area (Å²) in [5.41, 5.74) is 0. The monoisotopic (exact) mass is 1120 g/mol. The Morgan fingerprint density at radius 2 is 0.566 bits per heavy atom. The van der Waals surface area contributed by atoms with Crippen LogP contribution in [0.25, 0.3) is 0 Å². The highest BCUT2D eigenvalue weighted by atomic mass is 32.2. The first-order valence-electron chi connectivity index (χ1n) is 31.7. The van der Waals surface area contributed by atoms with Crippen LogP contribution in [0.3, 0.4) is 0 Å². The predicted octanol–water partition coefficient (Wildman–Crippen LogP) is 14.3. The van der Waals surface area contributed by atoms with E-state index in [2.05, 4.69) is 37.5 Å². The van der Waals surface area contributed by atoms with E-state index < -0.39 is 36.4 Å². The van der Waals surface area contributed by atoms with Crippen molar-refractivity contribution < 1.29 is 49.1 Å². The van der Waals surface area contributed by atoms with E-state index in [-0.39, 0.29) is 49.1 Å². The minimum Gasteiger partial charge on any atom is -0.462 e. The van der Waals surface area contributed by atoms with E-state index in [9.17, 15) is 39.6 Å². The minimum atomic E-state index is -0.554. The van der Waals surface area contributed by atoms with Crippen molar-refractivity contribution in [3.63, 3.8) is 0 Å². The number of thioether (sulfide) groups is 2. The van der Waals surface area contributed by atoms with Crippen LogP contribution in [-0.2, 0) is 28.7 Å². The lowest BCUT2D eigenvalue weighted by molar-refractivity contribution is -0.152. The molecule has 14 heteroatoms. The van der Waals surface area contributed by atoms with Gasteiger partial charge in [0.05, 0.1) is 37.3 Å². The Hall–Kier alpha value is -1.26. The number of unbranched alkanes of at least 4 members (excludes halogenated alkanes) is 28. The molecule has 0 fully saturated rings. The summed E-state index contributed by atoms with van der Waals surface area (Å²) in [4.78, 5) is 54.5. The van der Waals surface area contributed by atoms with E-state index in [4.69, 9.17) is 9.47 Å². The van der Waals surface area contributed by atoms with E-state index >= 15 is 0 Å². The molecule has 0 aromatic rings. The number of aliphatic hydroxyl groups excluding tert-OH is 4. The lowest BCUT2D eigenvalue weighted by Crippen LogP contribution is -2.39. The third kappa shape index (κ3) is 53.4. The number of aliphatic hydroxyl groups is 4. The molecule has 12 nitrogen and oxygen atoms in total. The van der Waals surface area contributed by atoms with Crippen molar-refractivity contribution in [2.24, 2.45) is 0 Å². The normalized spacial score (nSPS) is 13.3. The molecule has 0 heterocycles. The number of ether oxygens (including phenoxy) is 2. The van der Waals surface area contributed by atoms with E-state index in [0.29, 0.717) is 50.8 Å². The molecule has 4 unspecified atom stereocenters. The maximum atomic E-state index is 12.8. The van der Waals surface area contributed by atoms with Crippen LogP contribution < -0.4 is 0 Å². The summed E-state index contributed by atoms with van der Waals surface area (Å²) in [5.74, 6) is -0.125. The number of esters is 2. The molecule has 0 aliphatic carbocycles. The largest absolute Gasteiger partial charge is 0.462 e. The van der Waals surface area contributed by atoms with Crippen molar-refractivity contribution >= 4 is 45.7 Å². The van der Waals surface area contributed by atoms with Crippen molar-refractivity contribution in [1.29, 1.82) is 0 Å². The highest BCUT2D eigenvalue weighted by molar-refractivity contribution is 8.13. The molecule has 0 aromatic heterocycles. The summed E-state index contributed by atoms with van der Waals surface area (Å²) in [6, 6.07) is 0. The van der Waals surface area contributed by atoms with Crippen LogP contribution in [0.2, 0.25) is 0 Å². The predicted molar refractivity (Wildman–Crippen MR) is 321 cm³/mol. The third-order valence-corrected chi connectivity index (χ3v) is 16.3. The van der Waals surface area contributed by atoms with Gasteiger partial charge in [0, 0.05) is 63.6 Å². The van der Waals surface area contributed by atoms with Gasteiger partial charge in [-0.3, -0.25) is 29.0 Å². The second-order valence-corrected chi connectivity index (χ2v) is 24.4. The van der Waals surface area contributed by atoms with Crippen LogP contribution in [0.5, 0.6) is 0 Å². The Labute approximate surface area is 475 Å². The molecule has 0 aliphatic rings. The zero-order valence-electron chi connectivity index (χ0n) is 49.6. The molecule has 0 spiro atoms. The molecule has 450 valence electrons. The number of carbonyl (C=O) groups is 4. The maximum Gasteiger partial charge on any atom is 0.306 e. The summed E-state index contributed by atoms with van der Waals surface area (Å²) in [6.07, 6.45) is 39.5. The number of hydrogen-bond acceptors (Lipinski definition) is 14. The first kappa shape index (κ1) is 74.7. The molecule has 0 aliphatic heterocycles. The van der Waals surface area contributed by atoms with Crippen LogP contribution in [0.4, 0.5) is 0 Å². The van der Waals surface area contributed by atoms with Crippen molar-refractivity contribution in [3.05, 3.63) is 0 Å². The van der Waals surface area contributed by atoms with Crippen LogP contribution in [-0.4, -0.2) is 141 Å². The molecule has 0 saturated heterocycles. The first-order valence-corrected chi connectivity index (χ1v) is 33.7. The van der Waals surface area contributed by atoms with Gasteiger partial charge in [0.15, 0.2) is 10.2 Å². The number of hydrogen-bond donors (Lipinski definition) is 4. The second kappa shape index (κ2) is 57.0. The number of rotatable bonds is 59. The number of carbonyl (C=O) groups excluding carboxylic acids is 4. The fourth-order valence-electron chi connectivity index (χ4n) is 9.71. The van der Waals surface area contributed by atoms with Crippen molar-refractivity contribution in [1.82, 2.24) is 9.80 Å². The summed E-state index contributed by atoms with van der Waals surface area (Å²) in [5, 5.41) is 43.5. The van der Waals surface area contributed by atoms with Gasteiger partial charge in [0.1, 0.15) is 13.2 Å². The summed E-state index contributed by atoms with van der Waals surface area (Å²) >= 11 is 2.31. The molecular formula is C62H120N2O10S2. The fraction of sp³-hybridized carbons (Fsp3) is 0.935. The molecule has 0 rings (SSSR count). The Morgan fingerprint density at radius 3 is 0.803 bits per heavy atom. The lowest BCUT2D eigenvalue weighted by atomic mass is 10.0. The van der Waals surface area contributed by atoms with Gasteiger partial charge in [-0.15, -0.1) is 0 Å². The van der Waals surface area contributed by atoms with Gasteiger partial charge in [-0.25, -0.2) is 0 Å². The molecule has 0 aromatic carbocycles. The maximum absolute atomic E-state index is 12.8. The molecule has 0 saturated carbocycles. The first-order chi connectivity index (χ1) is 36.9. The molecule has 76 heavy (non-hydrogen) atoms. The second-order valence-electron chi connectivity index (χ2n) is 22.1. The van der Waals surface area contributed by atoms with E-state index in [0.717, 1.165) is 101 Å². The molecule has 4 atom stereocenters. The van der Waals surface area contributed by atoms with Gasteiger partial charge in [0.2, 0.25) is 0 Å². The SMILES string of the molecule is CCCCCCCCCCC(O)CN(CCSC(=O)CCC(=O)OCCOC(=O)CCC(=O)SCCN(CC(O)CCCCCCCCCC)CC(O)CCCCCCCCCC)CC(O)CCCCCCCCCC. The van der Waals surface area contributed by atoms with Crippen molar-refractivity contribution in [2.75, 3.05) is 64.0 Å². The van der Waals surface area contributed by atoms with Crippen molar-refractivity contribution in [3.8, 4) is 0 Å². The topological polar surface area (TPSA) is 174 Å². The lowest BCUT2D eigenvalue weighted by Gasteiger charge is -2.27. The minimum absolute atomic E-state index is 0.0166. The van der Waals surface area contributed by atoms with E-state index in [1.807, 2.05) is 0 Å². The Morgan fingerprint density at radius 1 is 0.342 bits per heavy atom. The standard InChI is InChI=1S/C62H120N2O10S2/c1-5-9-13-17-21-25-29-33-37-55(65)51-63(52-56(66)38-34-30-26-22-18-14-10-6-2)45-49-75-61(71)43-41-59(69)73-47-48-74-60(70)42-44-62(72)76-50-46-64(53-57(67)39-35-31-27-23-19-15-11-7-3)54-58(68)40-36-32-28-24-20-16-12-8-4/h55-58,65-68H,5-54H2,1-4H3. The molecular weight excluding hydrogens is 997 g/mol. The van der Waals surface area contributed by atoms with Gasteiger partial charge in [-0.05, 0) is 25.7 Å². The van der Waals surface area contributed by atoms with Crippen LogP contribution in [0.15, 0.2) is 0 Å². The average Bonchev–Trinajstić information content (AvgIpc) is 3.39. The summed E-state index contributed by atoms with van der Waals surface area (Å²) < 4.78 is 10.4. The average molecular weight is 1120 g/mol. The molecule has 0 bridgehead atoms. The van der Waals surface area contributed by atoms with Crippen LogP contribution in [0, 0.1) is 0 Å². The smallest absolute Gasteiger partial charge is 0.306 e. The van der Waals surface area contributed by atoms with Gasteiger partial charge in [0.25, 0.3) is 0 Å². The van der Waals surface area contributed by atoms with Gasteiger partial charge >= 0.3 is 11.9 Å². The van der Waals surface area contributed by atoms with Gasteiger partial charge in [-0.2, -0.15) is 0 Å². The van der Waals surface area contributed by atoms with E-state index in [1.54, 1.807) is 0 Å². The third-order valence-electron chi connectivity index (χ3n) is 14.5. The van der Waals surface area contributed by atoms with Crippen LogP contribution in [0.1, 0.15) is 285 Å². The van der Waals surface area contributed by atoms with E-state index in [1.165, 1.54) is 154 Å². The van der Waals surface area contributed by atoms with Gasteiger partial charge < -0.3 is 29.9 Å². The Bertz CT molecular complexity index is 1160.